The first-order valence-corrected chi connectivity index (χ1v) is 11.2. The maximum absolute atomic E-state index is 5.82. The second kappa shape index (κ2) is 9.20. The van der Waals surface area contributed by atoms with Crippen molar-refractivity contribution in [1.82, 2.24) is 20.2 Å². The molecule has 0 fully saturated rings. The van der Waals surface area contributed by atoms with Gasteiger partial charge in [-0.3, -0.25) is 0 Å². The fourth-order valence-electron chi connectivity index (χ4n) is 3.42. The second-order valence-electron chi connectivity index (χ2n) is 7.15. The lowest BCUT2D eigenvalue weighted by Gasteiger charge is -2.08. The molecule has 2 aromatic heterocycles. The van der Waals surface area contributed by atoms with Crippen LogP contribution in [0.4, 0.5) is 0 Å². The number of methoxy groups -OCH3 is 1. The van der Waals surface area contributed by atoms with Crippen LogP contribution in [0.3, 0.4) is 0 Å². The Balaban J connectivity index is 1.33. The molecule has 0 spiro atoms. The van der Waals surface area contributed by atoms with Crippen LogP contribution in [0.15, 0.2) is 88.5 Å². The number of para-hydroxylation sites is 1. The normalized spacial score (nSPS) is 11.0. The van der Waals surface area contributed by atoms with E-state index in [-0.39, 0.29) is 0 Å². The van der Waals surface area contributed by atoms with Gasteiger partial charge in [-0.05, 0) is 23.8 Å². The lowest BCUT2D eigenvalue weighted by molar-refractivity contribution is 0.413. The minimum atomic E-state index is 0.506. The van der Waals surface area contributed by atoms with E-state index in [0.717, 1.165) is 39.3 Å². The molecule has 158 valence electrons. The number of hydrogen-bond acceptors (Lipinski definition) is 7. The van der Waals surface area contributed by atoms with Crippen molar-refractivity contribution in [3.05, 3.63) is 96.1 Å². The third-order valence-corrected chi connectivity index (χ3v) is 5.80. The number of rotatable bonds is 7. The summed E-state index contributed by atoms with van der Waals surface area (Å²) in [6.07, 6.45) is 0.572. The SMILES string of the molecule is COc1ccc(Cc2nnc(SCc3nc(-c4ccccc4)c4ccccc4n3)o2)cc1. The topological polar surface area (TPSA) is 73.9 Å². The van der Waals surface area contributed by atoms with Gasteiger partial charge in [0.15, 0.2) is 0 Å². The van der Waals surface area contributed by atoms with Crippen LogP contribution in [0.2, 0.25) is 0 Å². The molecule has 0 aliphatic rings. The molecule has 0 unspecified atom stereocenters. The number of benzene rings is 3. The van der Waals surface area contributed by atoms with Gasteiger partial charge >= 0.3 is 0 Å². The lowest BCUT2D eigenvalue weighted by Crippen LogP contribution is -1.97. The lowest BCUT2D eigenvalue weighted by atomic mass is 10.1. The largest absolute Gasteiger partial charge is 0.497 e. The van der Waals surface area contributed by atoms with Gasteiger partial charge in [0.05, 0.1) is 30.5 Å². The molecule has 0 atom stereocenters. The summed E-state index contributed by atoms with van der Waals surface area (Å²) in [6.45, 7) is 0. The van der Waals surface area contributed by atoms with E-state index in [4.69, 9.17) is 19.1 Å². The Morgan fingerprint density at radius 2 is 1.62 bits per heavy atom. The number of hydrogen-bond donors (Lipinski definition) is 0. The van der Waals surface area contributed by atoms with E-state index in [1.807, 2.05) is 60.7 Å². The van der Waals surface area contributed by atoms with Crippen LogP contribution >= 0.6 is 11.8 Å². The summed E-state index contributed by atoms with van der Waals surface area (Å²) in [4.78, 5) is 9.58. The Hall–Kier alpha value is -3.71. The van der Waals surface area contributed by atoms with Crippen molar-refractivity contribution in [2.24, 2.45) is 0 Å². The highest BCUT2D eigenvalue weighted by Crippen LogP contribution is 2.28. The van der Waals surface area contributed by atoms with E-state index in [2.05, 4.69) is 28.4 Å². The van der Waals surface area contributed by atoms with Crippen LogP contribution < -0.4 is 4.74 Å². The van der Waals surface area contributed by atoms with Crippen LogP contribution in [0.5, 0.6) is 5.75 Å². The number of thioether (sulfide) groups is 1. The van der Waals surface area contributed by atoms with Gasteiger partial charge in [0.25, 0.3) is 5.22 Å². The molecule has 2 heterocycles. The zero-order valence-corrected chi connectivity index (χ0v) is 18.2. The zero-order chi connectivity index (χ0) is 21.8. The Labute approximate surface area is 189 Å². The minimum absolute atomic E-state index is 0.506. The smallest absolute Gasteiger partial charge is 0.277 e. The molecular formula is C25H20N4O2S. The predicted molar refractivity (Wildman–Crippen MR) is 125 cm³/mol. The number of fused-ring (bicyclic) bond motifs is 1. The van der Waals surface area contributed by atoms with Crippen LogP contribution in [0.1, 0.15) is 17.3 Å². The second-order valence-corrected chi connectivity index (χ2v) is 8.07. The van der Waals surface area contributed by atoms with Gasteiger partial charge in [-0.25, -0.2) is 9.97 Å². The molecule has 0 amide bonds. The molecule has 0 saturated carbocycles. The average Bonchev–Trinajstić information content (AvgIpc) is 3.30. The van der Waals surface area contributed by atoms with Crippen molar-refractivity contribution in [3.63, 3.8) is 0 Å². The number of nitrogens with zero attached hydrogens (tertiary/aromatic N) is 4. The first-order valence-electron chi connectivity index (χ1n) is 10.2. The molecule has 0 aliphatic heterocycles. The third kappa shape index (κ3) is 4.48. The Morgan fingerprint density at radius 1 is 0.844 bits per heavy atom. The van der Waals surface area contributed by atoms with Crippen molar-refractivity contribution in [3.8, 4) is 17.0 Å². The quantitative estimate of drug-likeness (QED) is 0.306. The van der Waals surface area contributed by atoms with E-state index in [1.165, 1.54) is 11.8 Å². The molecule has 5 aromatic rings. The molecule has 3 aromatic carbocycles. The highest BCUT2D eigenvalue weighted by atomic mass is 32.2. The monoisotopic (exact) mass is 440 g/mol. The van der Waals surface area contributed by atoms with Gasteiger partial charge in [-0.1, -0.05) is 72.4 Å². The van der Waals surface area contributed by atoms with Gasteiger partial charge in [0, 0.05) is 10.9 Å². The van der Waals surface area contributed by atoms with Crippen LogP contribution in [-0.4, -0.2) is 27.3 Å². The predicted octanol–water partition coefficient (Wildman–Crippen LogP) is 5.57. The Kier molecular flexibility index (Phi) is 5.81. The Bertz CT molecular complexity index is 1340. The molecule has 0 aliphatic carbocycles. The molecule has 0 bridgehead atoms. The van der Waals surface area contributed by atoms with Crippen molar-refractivity contribution in [2.75, 3.05) is 7.11 Å². The molecule has 6 nitrogen and oxygen atoms in total. The highest BCUT2D eigenvalue weighted by molar-refractivity contribution is 7.98. The molecule has 7 heteroatoms. The molecule has 32 heavy (non-hydrogen) atoms. The van der Waals surface area contributed by atoms with Crippen molar-refractivity contribution in [2.45, 2.75) is 17.4 Å². The standard InChI is InChI=1S/C25H20N4O2S/c1-30-19-13-11-17(12-14-19)15-23-28-29-25(31-23)32-16-22-26-21-10-6-5-9-20(21)24(27-22)18-7-3-2-4-8-18/h2-14H,15-16H2,1H3. The van der Waals surface area contributed by atoms with Crippen LogP contribution in [0, 0.1) is 0 Å². The van der Waals surface area contributed by atoms with Crippen LogP contribution in [0.25, 0.3) is 22.2 Å². The van der Waals surface area contributed by atoms with Gasteiger partial charge < -0.3 is 9.15 Å². The Morgan fingerprint density at radius 3 is 2.44 bits per heavy atom. The summed E-state index contributed by atoms with van der Waals surface area (Å²) < 4.78 is 11.0. The third-order valence-electron chi connectivity index (χ3n) is 4.98. The van der Waals surface area contributed by atoms with Crippen LogP contribution in [-0.2, 0) is 12.2 Å². The van der Waals surface area contributed by atoms with Crippen molar-refractivity contribution in [1.29, 1.82) is 0 Å². The summed E-state index contributed by atoms with van der Waals surface area (Å²) in [5, 5.41) is 9.88. The summed E-state index contributed by atoms with van der Waals surface area (Å²) in [6, 6.07) is 26.0. The van der Waals surface area contributed by atoms with Gasteiger partial charge in [-0.2, -0.15) is 0 Å². The molecule has 0 radical (unpaired) electrons. The molecule has 0 N–H and O–H groups in total. The summed E-state index contributed by atoms with van der Waals surface area (Å²) >= 11 is 1.44. The zero-order valence-electron chi connectivity index (χ0n) is 17.4. The minimum Gasteiger partial charge on any atom is -0.497 e. The average molecular weight is 441 g/mol. The van der Waals surface area contributed by atoms with E-state index in [9.17, 15) is 0 Å². The van der Waals surface area contributed by atoms with E-state index in [0.29, 0.717) is 23.3 Å². The summed E-state index contributed by atoms with van der Waals surface area (Å²) in [5.41, 5.74) is 3.99. The maximum atomic E-state index is 5.82. The van der Waals surface area contributed by atoms with Gasteiger partial charge in [0.1, 0.15) is 11.6 Å². The number of aromatic nitrogens is 4. The van der Waals surface area contributed by atoms with Crippen molar-refractivity contribution >= 4 is 22.7 Å². The number of ether oxygens (including phenoxy) is 1. The summed E-state index contributed by atoms with van der Waals surface area (Å²) in [5.74, 6) is 2.65. The highest BCUT2D eigenvalue weighted by Gasteiger charge is 2.12. The molecular weight excluding hydrogens is 420 g/mol. The first-order chi connectivity index (χ1) is 15.8. The summed E-state index contributed by atoms with van der Waals surface area (Å²) in [7, 11) is 1.65. The molecule has 5 rings (SSSR count). The maximum Gasteiger partial charge on any atom is 0.277 e. The fraction of sp³-hybridized carbons (Fsp3) is 0.120. The first kappa shape index (κ1) is 20.2. The van der Waals surface area contributed by atoms with Gasteiger partial charge in [-0.15, -0.1) is 10.2 Å². The van der Waals surface area contributed by atoms with E-state index < -0.39 is 0 Å². The fourth-order valence-corrected chi connectivity index (χ4v) is 4.05. The molecule has 0 saturated heterocycles. The van der Waals surface area contributed by atoms with Crippen molar-refractivity contribution < 1.29 is 9.15 Å². The van der Waals surface area contributed by atoms with E-state index in [1.54, 1.807) is 7.11 Å². The van der Waals surface area contributed by atoms with Gasteiger partial charge in [0.2, 0.25) is 5.89 Å². The van der Waals surface area contributed by atoms with E-state index >= 15 is 0 Å².